The van der Waals surface area contributed by atoms with Crippen molar-refractivity contribution in [3.8, 4) is 0 Å². The molecule has 2 aliphatic heterocycles. The van der Waals surface area contributed by atoms with Gasteiger partial charge in [0.2, 0.25) is 5.91 Å². The van der Waals surface area contributed by atoms with Gasteiger partial charge in [0.15, 0.2) is 9.84 Å². The normalized spacial score (nSPS) is 34.1. The summed E-state index contributed by atoms with van der Waals surface area (Å²) in [4.78, 5) is 13.5. The number of aliphatic hydroxyl groups is 1. The number of amides is 1. The molecule has 2 bridgehead atoms. The molecule has 2 fully saturated rings. The number of hydrogen-bond acceptors (Lipinski definition) is 4. The molecule has 5 nitrogen and oxygen atoms in total. The van der Waals surface area contributed by atoms with Gasteiger partial charge in [-0.25, -0.2) is 8.42 Å². The molecule has 0 spiro atoms. The van der Waals surface area contributed by atoms with Crippen molar-refractivity contribution in [3.05, 3.63) is 0 Å². The summed E-state index contributed by atoms with van der Waals surface area (Å²) in [7, 11) is -3.26. The zero-order valence-corrected chi connectivity index (χ0v) is 10.1. The maximum absolute atomic E-state index is 11.8. The summed E-state index contributed by atoms with van der Waals surface area (Å²) in [6, 6.07) is 0.0889. The molecule has 2 aliphatic rings. The zero-order valence-electron chi connectivity index (χ0n) is 9.30. The summed E-state index contributed by atoms with van der Waals surface area (Å²) in [5.74, 6) is -0.710. The Kier molecular flexibility index (Phi) is 2.96. The van der Waals surface area contributed by atoms with Crippen molar-refractivity contribution in [1.29, 1.82) is 0 Å². The molecular weight excluding hydrogens is 230 g/mol. The number of hydrogen-bond donors (Lipinski definition) is 1. The number of fused-ring (bicyclic) bond motifs is 2. The van der Waals surface area contributed by atoms with Crippen molar-refractivity contribution in [1.82, 2.24) is 4.90 Å². The van der Waals surface area contributed by atoms with Crippen LogP contribution in [0.15, 0.2) is 0 Å². The van der Waals surface area contributed by atoms with Crippen LogP contribution in [0.25, 0.3) is 0 Å². The van der Waals surface area contributed by atoms with E-state index in [2.05, 4.69) is 0 Å². The fourth-order valence-electron chi connectivity index (χ4n) is 2.85. The van der Waals surface area contributed by atoms with Crippen LogP contribution in [0.5, 0.6) is 0 Å². The van der Waals surface area contributed by atoms with Gasteiger partial charge in [0.25, 0.3) is 0 Å². The molecule has 2 saturated heterocycles. The van der Waals surface area contributed by atoms with Crippen LogP contribution >= 0.6 is 0 Å². The molecule has 2 atom stereocenters. The van der Waals surface area contributed by atoms with E-state index in [0.717, 1.165) is 19.1 Å². The first kappa shape index (κ1) is 11.9. The number of nitrogens with zero attached hydrogens (tertiary/aromatic N) is 1. The predicted octanol–water partition coefficient (Wildman–Crippen LogP) is -0.455. The molecule has 2 rings (SSSR count). The van der Waals surface area contributed by atoms with E-state index < -0.39 is 15.6 Å². The molecule has 0 aromatic rings. The fourth-order valence-corrected chi connectivity index (χ4v) is 3.45. The van der Waals surface area contributed by atoms with Crippen LogP contribution < -0.4 is 0 Å². The van der Waals surface area contributed by atoms with Gasteiger partial charge in [-0.15, -0.1) is 0 Å². The first-order valence-corrected chi connectivity index (χ1v) is 7.60. The molecule has 2 heterocycles. The lowest BCUT2D eigenvalue weighted by molar-refractivity contribution is -0.134. The fraction of sp³-hybridized carbons (Fsp3) is 0.900. The summed E-state index contributed by atoms with van der Waals surface area (Å²) in [6.07, 6.45) is 3.69. The number of carbonyl (C=O) groups is 1. The Morgan fingerprint density at radius 2 is 1.81 bits per heavy atom. The smallest absolute Gasteiger partial charge is 0.238 e. The SMILES string of the molecule is CS(=O)(=O)CC(=O)N1C2CCC1CC(O)C2. The third-order valence-electron chi connectivity index (χ3n) is 3.38. The minimum atomic E-state index is -3.26. The highest BCUT2D eigenvalue weighted by Crippen LogP contribution is 2.35. The average molecular weight is 247 g/mol. The molecule has 0 saturated carbocycles. The molecule has 92 valence electrons. The van der Waals surface area contributed by atoms with E-state index in [1.807, 2.05) is 0 Å². The number of carbonyl (C=O) groups excluding carboxylic acids is 1. The lowest BCUT2D eigenvalue weighted by Crippen LogP contribution is -2.49. The van der Waals surface area contributed by atoms with Crippen LogP contribution in [-0.2, 0) is 14.6 Å². The van der Waals surface area contributed by atoms with E-state index in [9.17, 15) is 18.3 Å². The molecule has 0 aromatic heterocycles. The molecule has 6 heteroatoms. The lowest BCUT2D eigenvalue weighted by Gasteiger charge is -2.37. The number of piperidine rings is 1. The number of rotatable bonds is 2. The van der Waals surface area contributed by atoms with Gasteiger partial charge in [0.05, 0.1) is 6.10 Å². The highest BCUT2D eigenvalue weighted by atomic mass is 32.2. The Hall–Kier alpha value is -0.620. The lowest BCUT2D eigenvalue weighted by atomic mass is 10.00. The molecule has 0 radical (unpaired) electrons. The Balaban J connectivity index is 2.09. The third kappa shape index (κ3) is 2.38. The first-order valence-electron chi connectivity index (χ1n) is 5.54. The molecule has 2 unspecified atom stereocenters. The van der Waals surface area contributed by atoms with Crippen molar-refractivity contribution in [3.63, 3.8) is 0 Å². The van der Waals surface area contributed by atoms with E-state index in [4.69, 9.17) is 0 Å². The second kappa shape index (κ2) is 4.00. The predicted molar refractivity (Wildman–Crippen MR) is 58.6 cm³/mol. The Labute approximate surface area is 95.4 Å². The highest BCUT2D eigenvalue weighted by Gasteiger charge is 2.43. The van der Waals surface area contributed by atoms with Gasteiger partial charge in [0.1, 0.15) is 5.75 Å². The second-order valence-corrected chi connectivity index (χ2v) is 7.02. The molecule has 1 N–H and O–H groups in total. The van der Waals surface area contributed by atoms with Crippen molar-refractivity contribution >= 4 is 15.7 Å². The summed E-state index contributed by atoms with van der Waals surface area (Å²) in [6.45, 7) is 0. The van der Waals surface area contributed by atoms with Crippen LogP contribution in [0.2, 0.25) is 0 Å². The van der Waals surface area contributed by atoms with Crippen LogP contribution in [0.3, 0.4) is 0 Å². The topological polar surface area (TPSA) is 74.7 Å². The molecule has 1 amide bonds. The zero-order chi connectivity index (χ0) is 11.9. The van der Waals surface area contributed by atoms with Crippen LogP contribution in [-0.4, -0.2) is 54.5 Å². The van der Waals surface area contributed by atoms with E-state index in [1.165, 1.54) is 0 Å². The minimum absolute atomic E-state index is 0.0444. The van der Waals surface area contributed by atoms with Crippen LogP contribution in [0.1, 0.15) is 25.7 Å². The van der Waals surface area contributed by atoms with Gasteiger partial charge in [-0.3, -0.25) is 4.79 Å². The Bertz CT molecular complexity index is 378. The molecular formula is C10H17NO4S. The van der Waals surface area contributed by atoms with E-state index in [1.54, 1.807) is 4.90 Å². The summed E-state index contributed by atoms with van der Waals surface area (Å²) in [5.41, 5.74) is 0. The monoisotopic (exact) mass is 247 g/mol. The Morgan fingerprint density at radius 3 is 2.25 bits per heavy atom. The summed E-state index contributed by atoms with van der Waals surface area (Å²) >= 11 is 0. The van der Waals surface area contributed by atoms with Crippen molar-refractivity contribution in [2.75, 3.05) is 12.0 Å². The summed E-state index contributed by atoms with van der Waals surface area (Å²) in [5, 5.41) is 9.57. The number of sulfone groups is 1. The van der Waals surface area contributed by atoms with Gasteiger partial charge in [0, 0.05) is 18.3 Å². The minimum Gasteiger partial charge on any atom is -0.393 e. The van der Waals surface area contributed by atoms with Crippen molar-refractivity contribution in [2.24, 2.45) is 0 Å². The highest BCUT2D eigenvalue weighted by molar-refractivity contribution is 7.91. The maximum Gasteiger partial charge on any atom is 0.238 e. The quantitative estimate of drug-likeness (QED) is 0.717. The first-order chi connectivity index (χ1) is 7.37. The molecule has 0 aliphatic carbocycles. The van der Waals surface area contributed by atoms with Gasteiger partial charge < -0.3 is 10.0 Å². The molecule has 0 aromatic carbocycles. The van der Waals surface area contributed by atoms with E-state index >= 15 is 0 Å². The number of aliphatic hydroxyl groups excluding tert-OH is 1. The van der Waals surface area contributed by atoms with Gasteiger partial charge in [-0.05, 0) is 25.7 Å². The van der Waals surface area contributed by atoms with Crippen LogP contribution in [0.4, 0.5) is 0 Å². The molecule has 16 heavy (non-hydrogen) atoms. The van der Waals surface area contributed by atoms with E-state index in [0.29, 0.717) is 12.8 Å². The Morgan fingerprint density at radius 1 is 1.31 bits per heavy atom. The van der Waals surface area contributed by atoms with Gasteiger partial charge in [-0.1, -0.05) is 0 Å². The summed E-state index contributed by atoms with van der Waals surface area (Å²) < 4.78 is 22.2. The largest absolute Gasteiger partial charge is 0.393 e. The van der Waals surface area contributed by atoms with E-state index in [-0.39, 0.29) is 24.1 Å². The van der Waals surface area contributed by atoms with Crippen molar-refractivity contribution < 1.29 is 18.3 Å². The van der Waals surface area contributed by atoms with Crippen molar-refractivity contribution in [2.45, 2.75) is 43.9 Å². The van der Waals surface area contributed by atoms with Crippen LogP contribution in [0, 0.1) is 0 Å². The third-order valence-corrected chi connectivity index (χ3v) is 4.15. The second-order valence-electron chi connectivity index (χ2n) is 4.88. The average Bonchev–Trinajstić information content (AvgIpc) is 2.36. The van der Waals surface area contributed by atoms with Gasteiger partial charge in [-0.2, -0.15) is 0 Å². The maximum atomic E-state index is 11.8. The van der Waals surface area contributed by atoms with Gasteiger partial charge >= 0.3 is 0 Å². The standard InChI is InChI=1S/C10H17NO4S/c1-16(14,15)6-10(13)11-7-2-3-8(11)5-9(12)4-7/h7-9,12H,2-6H2,1H3.